The number of amides is 1. The first-order valence-corrected chi connectivity index (χ1v) is 6.16. The second-order valence-electron chi connectivity index (χ2n) is 4.60. The number of carbonyl (C=O) groups is 1. The summed E-state index contributed by atoms with van der Waals surface area (Å²) in [7, 11) is 5.13. The van der Waals surface area contributed by atoms with Gasteiger partial charge in [-0.25, -0.2) is 9.80 Å². The topological polar surface area (TPSA) is 84.5 Å². The van der Waals surface area contributed by atoms with Gasteiger partial charge in [-0.2, -0.15) is 9.78 Å². The number of nitro groups is 1. The van der Waals surface area contributed by atoms with Gasteiger partial charge in [0.2, 0.25) is 0 Å². The molecule has 1 aromatic carbocycles. The fourth-order valence-electron chi connectivity index (χ4n) is 1.66. The van der Waals surface area contributed by atoms with Gasteiger partial charge in [-0.1, -0.05) is 0 Å². The molecule has 2 rings (SSSR count). The van der Waals surface area contributed by atoms with E-state index in [2.05, 4.69) is 5.10 Å². The molecule has 0 atom stereocenters. The van der Waals surface area contributed by atoms with Crippen molar-refractivity contribution in [1.82, 2.24) is 19.8 Å². The zero-order chi connectivity index (χ0) is 15.6. The molecule has 1 amide bonds. The fourth-order valence-corrected chi connectivity index (χ4v) is 1.66. The van der Waals surface area contributed by atoms with Crippen molar-refractivity contribution in [1.29, 1.82) is 0 Å². The van der Waals surface area contributed by atoms with Crippen molar-refractivity contribution in [3.63, 3.8) is 0 Å². The molecular formula is C13H15N5O3. The number of carbonyl (C=O) groups excluding carboxylic acids is 1. The van der Waals surface area contributed by atoms with Gasteiger partial charge in [0.15, 0.2) is 0 Å². The Morgan fingerprint density at radius 2 is 1.81 bits per heavy atom. The molecule has 0 saturated heterocycles. The van der Waals surface area contributed by atoms with Crippen LogP contribution in [0.1, 0.15) is 0 Å². The molecular weight excluding hydrogens is 274 g/mol. The molecule has 0 radical (unpaired) electrons. The molecule has 2 aromatic rings. The van der Waals surface area contributed by atoms with Crippen molar-refractivity contribution in [3.05, 3.63) is 46.6 Å². The van der Waals surface area contributed by atoms with Crippen molar-refractivity contribution in [3.8, 4) is 11.3 Å². The number of non-ortho nitro benzene ring substituents is 1. The van der Waals surface area contributed by atoms with Gasteiger partial charge in [-0.3, -0.25) is 15.1 Å². The summed E-state index contributed by atoms with van der Waals surface area (Å²) in [6.45, 7) is 0. The first-order chi connectivity index (χ1) is 9.90. The third kappa shape index (κ3) is 3.06. The Bertz CT molecular complexity index is 663. The Kier molecular flexibility index (Phi) is 3.99. The second kappa shape index (κ2) is 5.71. The standard InChI is InChI=1S/C13H15N5O3/c1-15(2)16(3)13(19)17-9-8-12(14-17)10-4-6-11(7-5-10)18(20)21/h4-9H,1-3H3. The number of nitrogens with zero attached hydrogens (tertiary/aromatic N) is 5. The Hall–Kier alpha value is -2.74. The summed E-state index contributed by atoms with van der Waals surface area (Å²) in [5.74, 6) is 0. The molecule has 0 aliphatic carbocycles. The number of aromatic nitrogens is 2. The van der Waals surface area contributed by atoms with Crippen molar-refractivity contribution >= 4 is 11.7 Å². The number of benzene rings is 1. The maximum atomic E-state index is 12.1. The van der Waals surface area contributed by atoms with E-state index in [-0.39, 0.29) is 11.7 Å². The highest BCUT2D eigenvalue weighted by Crippen LogP contribution is 2.20. The average molecular weight is 289 g/mol. The van der Waals surface area contributed by atoms with Gasteiger partial charge in [-0.05, 0) is 18.2 Å². The molecule has 21 heavy (non-hydrogen) atoms. The van der Waals surface area contributed by atoms with Gasteiger partial charge >= 0.3 is 6.03 Å². The monoisotopic (exact) mass is 289 g/mol. The summed E-state index contributed by atoms with van der Waals surface area (Å²) in [6.07, 6.45) is 1.55. The summed E-state index contributed by atoms with van der Waals surface area (Å²) in [6, 6.07) is 7.40. The largest absolute Gasteiger partial charge is 0.358 e. The molecule has 110 valence electrons. The molecule has 0 aliphatic rings. The van der Waals surface area contributed by atoms with Crippen molar-refractivity contribution in [2.24, 2.45) is 0 Å². The van der Waals surface area contributed by atoms with Crippen LogP contribution in [0.5, 0.6) is 0 Å². The number of hydrogen-bond acceptors (Lipinski definition) is 5. The third-order valence-corrected chi connectivity index (χ3v) is 3.04. The van der Waals surface area contributed by atoms with Crippen LogP contribution in [0.15, 0.2) is 36.5 Å². The van der Waals surface area contributed by atoms with Crippen LogP contribution in [-0.2, 0) is 0 Å². The quantitative estimate of drug-likeness (QED) is 0.635. The molecule has 0 spiro atoms. The van der Waals surface area contributed by atoms with Crippen LogP contribution in [0, 0.1) is 10.1 Å². The van der Waals surface area contributed by atoms with Crippen LogP contribution in [-0.4, -0.2) is 51.9 Å². The van der Waals surface area contributed by atoms with Crippen molar-refractivity contribution < 1.29 is 9.72 Å². The summed E-state index contributed by atoms with van der Waals surface area (Å²) >= 11 is 0. The SMILES string of the molecule is CN(C)N(C)C(=O)n1ccc(-c2ccc([N+](=O)[O-])cc2)n1. The molecule has 0 unspecified atom stereocenters. The van der Waals surface area contributed by atoms with Crippen LogP contribution < -0.4 is 0 Å². The van der Waals surface area contributed by atoms with Gasteiger partial charge < -0.3 is 0 Å². The molecule has 1 aromatic heterocycles. The lowest BCUT2D eigenvalue weighted by atomic mass is 10.1. The van der Waals surface area contributed by atoms with E-state index in [9.17, 15) is 14.9 Å². The summed E-state index contributed by atoms with van der Waals surface area (Å²) < 4.78 is 1.22. The highest BCUT2D eigenvalue weighted by molar-refractivity contribution is 5.76. The lowest BCUT2D eigenvalue weighted by molar-refractivity contribution is -0.384. The Morgan fingerprint density at radius 1 is 1.19 bits per heavy atom. The average Bonchev–Trinajstić information content (AvgIpc) is 2.95. The van der Waals surface area contributed by atoms with Crippen LogP contribution in [0.2, 0.25) is 0 Å². The summed E-state index contributed by atoms with van der Waals surface area (Å²) in [5, 5.41) is 17.8. The number of nitro benzene ring substituents is 1. The van der Waals surface area contributed by atoms with E-state index in [1.165, 1.54) is 21.8 Å². The lowest BCUT2D eigenvalue weighted by Crippen LogP contribution is -2.41. The predicted octanol–water partition coefficient (Wildman–Crippen LogP) is 1.83. The van der Waals surface area contributed by atoms with Crippen molar-refractivity contribution in [2.45, 2.75) is 0 Å². The van der Waals surface area contributed by atoms with Crippen LogP contribution in [0.4, 0.5) is 10.5 Å². The number of hydrazine groups is 1. The minimum Gasteiger partial charge on any atom is -0.259 e. The Balaban J connectivity index is 2.23. The smallest absolute Gasteiger partial charge is 0.259 e. The zero-order valence-electron chi connectivity index (χ0n) is 11.9. The fraction of sp³-hybridized carbons (Fsp3) is 0.231. The van der Waals surface area contributed by atoms with E-state index in [1.54, 1.807) is 50.5 Å². The van der Waals surface area contributed by atoms with Gasteiger partial charge in [-0.15, -0.1) is 0 Å². The number of rotatable bonds is 3. The molecule has 0 aliphatic heterocycles. The Morgan fingerprint density at radius 3 is 2.33 bits per heavy atom. The Labute approximate surface area is 121 Å². The molecule has 8 nitrogen and oxygen atoms in total. The van der Waals surface area contributed by atoms with Gasteiger partial charge in [0.05, 0.1) is 10.6 Å². The van der Waals surface area contributed by atoms with Crippen molar-refractivity contribution in [2.75, 3.05) is 21.1 Å². The van der Waals surface area contributed by atoms with E-state index < -0.39 is 4.92 Å². The highest BCUT2D eigenvalue weighted by Gasteiger charge is 2.15. The maximum absolute atomic E-state index is 12.1. The van der Waals surface area contributed by atoms with E-state index >= 15 is 0 Å². The highest BCUT2D eigenvalue weighted by atomic mass is 16.6. The second-order valence-corrected chi connectivity index (χ2v) is 4.60. The van der Waals surface area contributed by atoms with E-state index in [0.717, 1.165) is 0 Å². The van der Waals surface area contributed by atoms with E-state index in [0.29, 0.717) is 11.3 Å². The molecule has 1 heterocycles. The van der Waals surface area contributed by atoms with Crippen LogP contribution >= 0.6 is 0 Å². The molecule has 0 bridgehead atoms. The van der Waals surface area contributed by atoms with Crippen LogP contribution in [0.25, 0.3) is 11.3 Å². The normalized spacial score (nSPS) is 10.7. The molecule has 0 saturated carbocycles. The van der Waals surface area contributed by atoms with Gasteiger partial charge in [0.25, 0.3) is 5.69 Å². The number of hydrogen-bond donors (Lipinski definition) is 0. The van der Waals surface area contributed by atoms with Gasteiger partial charge in [0.1, 0.15) is 0 Å². The van der Waals surface area contributed by atoms with E-state index in [4.69, 9.17) is 0 Å². The summed E-state index contributed by atoms with van der Waals surface area (Å²) in [5.41, 5.74) is 1.30. The minimum absolute atomic E-state index is 0.0154. The predicted molar refractivity (Wildman–Crippen MR) is 76.6 cm³/mol. The maximum Gasteiger partial charge on any atom is 0.358 e. The minimum atomic E-state index is -0.460. The van der Waals surface area contributed by atoms with Gasteiger partial charge in [0, 0.05) is 45.0 Å². The molecule has 0 N–H and O–H groups in total. The first-order valence-electron chi connectivity index (χ1n) is 6.16. The first kappa shape index (κ1) is 14.7. The van der Waals surface area contributed by atoms with E-state index in [1.807, 2.05) is 0 Å². The summed E-state index contributed by atoms with van der Waals surface area (Å²) in [4.78, 5) is 22.2. The lowest BCUT2D eigenvalue weighted by Gasteiger charge is -2.23. The van der Waals surface area contributed by atoms with Crippen LogP contribution in [0.3, 0.4) is 0 Å². The molecule has 0 fully saturated rings. The zero-order valence-corrected chi connectivity index (χ0v) is 11.9. The molecule has 8 heteroatoms. The third-order valence-electron chi connectivity index (χ3n) is 3.04.